The summed E-state index contributed by atoms with van der Waals surface area (Å²) in [5, 5.41) is 2.86. The van der Waals surface area contributed by atoms with Crippen molar-refractivity contribution in [1.82, 2.24) is 5.32 Å². The van der Waals surface area contributed by atoms with Gasteiger partial charge >= 0.3 is 0 Å². The first-order valence-electron chi connectivity index (χ1n) is 6.29. The quantitative estimate of drug-likeness (QED) is 0.749. The van der Waals surface area contributed by atoms with Gasteiger partial charge in [0.2, 0.25) is 0 Å². The van der Waals surface area contributed by atoms with E-state index in [1.165, 1.54) is 4.90 Å². The normalized spacial score (nSPS) is 12.3. The number of hydrogen-bond acceptors (Lipinski definition) is 2. The first-order chi connectivity index (χ1) is 8.49. The van der Waals surface area contributed by atoms with Crippen molar-refractivity contribution < 1.29 is 14.4 Å². The fourth-order valence-corrected chi connectivity index (χ4v) is 1.53. The minimum atomic E-state index is -0.469. The molecule has 4 nitrogen and oxygen atoms in total. The predicted molar refractivity (Wildman–Crippen MR) is 72.0 cm³/mol. The maximum absolute atomic E-state index is 11.8. The van der Waals surface area contributed by atoms with Crippen LogP contribution in [0.3, 0.4) is 0 Å². The Morgan fingerprint density at radius 3 is 2.78 bits per heavy atom. The number of rotatable bonds is 6. The number of amides is 1. The summed E-state index contributed by atoms with van der Waals surface area (Å²) in [5.74, 6) is 0.661. The maximum Gasteiger partial charge on any atom is 0.260 e. The lowest BCUT2D eigenvalue weighted by atomic mass is 10.2. The Hall–Kier alpha value is -1.55. The molecule has 1 rings (SSSR count). The van der Waals surface area contributed by atoms with Crippen molar-refractivity contribution in [1.29, 1.82) is 0 Å². The van der Waals surface area contributed by atoms with E-state index in [-0.39, 0.29) is 5.91 Å². The Balaban J connectivity index is 2.40. The number of nitrogens with one attached hydrogen (secondary N) is 2. The zero-order valence-corrected chi connectivity index (χ0v) is 11.6. The molecule has 2 N–H and O–H groups in total. The van der Waals surface area contributed by atoms with Crippen LogP contribution in [0.2, 0.25) is 0 Å². The van der Waals surface area contributed by atoms with Gasteiger partial charge in [-0.15, -0.1) is 0 Å². The molecule has 0 aromatic heterocycles. The minimum Gasteiger partial charge on any atom is -0.481 e. The number of ether oxygens (including phenoxy) is 1. The predicted octanol–water partition coefficient (Wildman–Crippen LogP) is 0.0230. The van der Waals surface area contributed by atoms with Gasteiger partial charge in [0, 0.05) is 0 Å². The summed E-state index contributed by atoms with van der Waals surface area (Å²) in [5.41, 5.74) is 1.12. The van der Waals surface area contributed by atoms with Crippen molar-refractivity contribution in [3.63, 3.8) is 0 Å². The van der Waals surface area contributed by atoms with Crippen LogP contribution >= 0.6 is 0 Å². The lowest BCUT2D eigenvalue weighted by Gasteiger charge is -2.15. The Morgan fingerprint density at radius 2 is 2.17 bits per heavy atom. The molecule has 0 spiro atoms. The van der Waals surface area contributed by atoms with Gasteiger partial charge in [-0.05, 0) is 31.5 Å². The number of benzene rings is 1. The molecule has 0 saturated heterocycles. The van der Waals surface area contributed by atoms with Crippen LogP contribution in [0.15, 0.2) is 24.3 Å². The molecule has 1 atom stereocenters. The summed E-state index contributed by atoms with van der Waals surface area (Å²) < 4.78 is 5.60. The van der Waals surface area contributed by atoms with E-state index in [0.29, 0.717) is 6.54 Å². The molecule has 0 aliphatic heterocycles. The lowest BCUT2D eigenvalue weighted by molar-refractivity contribution is -0.856. The van der Waals surface area contributed by atoms with Crippen molar-refractivity contribution in [3.05, 3.63) is 29.8 Å². The summed E-state index contributed by atoms with van der Waals surface area (Å²) in [6.45, 7) is 5.34. The zero-order chi connectivity index (χ0) is 13.5. The number of aryl methyl sites for hydroxylation is 1. The molecular formula is C14H23N2O2+. The number of carbonyl (C=O) groups is 1. The fourth-order valence-electron chi connectivity index (χ4n) is 1.53. The number of likely N-dealkylation sites (N-methyl/N-ethyl adjacent to an activating group) is 1. The number of quaternary nitrogens is 1. The Labute approximate surface area is 109 Å². The maximum atomic E-state index is 11.8. The van der Waals surface area contributed by atoms with E-state index in [2.05, 4.69) is 19.4 Å². The topological polar surface area (TPSA) is 42.8 Å². The molecule has 1 aromatic rings. The standard InChI is InChI=1S/C14H22N2O2/c1-11-6-5-7-13(10-11)18-12(2)14(17)15-8-9-16(3)4/h5-7,10,12H,8-9H2,1-4H3,(H,15,17)/p+1/t12-/m0/s1. The van der Waals surface area contributed by atoms with Crippen LogP contribution in [-0.4, -0.2) is 39.2 Å². The van der Waals surface area contributed by atoms with Crippen molar-refractivity contribution in [2.45, 2.75) is 20.0 Å². The molecule has 0 bridgehead atoms. The highest BCUT2D eigenvalue weighted by Gasteiger charge is 2.14. The molecule has 0 fully saturated rings. The van der Waals surface area contributed by atoms with Gasteiger partial charge < -0.3 is 15.0 Å². The molecular weight excluding hydrogens is 228 g/mol. The highest BCUT2D eigenvalue weighted by atomic mass is 16.5. The molecule has 0 radical (unpaired) electrons. The lowest BCUT2D eigenvalue weighted by Crippen LogP contribution is -3.06. The molecule has 1 aromatic carbocycles. The molecule has 100 valence electrons. The van der Waals surface area contributed by atoms with Gasteiger partial charge in [0.25, 0.3) is 5.91 Å². The molecule has 4 heteroatoms. The van der Waals surface area contributed by atoms with Crippen LogP contribution in [0, 0.1) is 6.92 Å². The average molecular weight is 251 g/mol. The summed E-state index contributed by atoms with van der Waals surface area (Å²) >= 11 is 0. The third kappa shape index (κ3) is 5.19. The van der Waals surface area contributed by atoms with Crippen LogP contribution in [0.1, 0.15) is 12.5 Å². The molecule has 18 heavy (non-hydrogen) atoms. The molecule has 0 aliphatic carbocycles. The van der Waals surface area contributed by atoms with Crippen LogP contribution in [-0.2, 0) is 4.79 Å². The van der Waals surface area contributed by atoms with Crippen molar-refractivity contribution in [3.8, 4) is 5.75 Å². The van der Waals surface area contributed by atoms with E-state index in [9.17, 15) is 4.79 Å². The Morgan fingerprint density at radius 1 is 1.44 bits per heavy atom. The minimum absolute atomic E-state index is 0.0715. The van der Waals surface area contributed by atoms with Crippen molar-refractivity contribution >= 4 is 5.91 Å². The van der Waals surface area contributed by atoms with Gasteiger partial charge in [-0.3, -0.25) is 4.79 Å². The van der Waals surface area contributed by atoms with Crippen LogP contribution < -0.4 is 15.0 Å². The third-order valence-electron chi connectivity index (χ3n) is 2.60. The fraction of sp³-hybridized carbons (Fsp3) is 0.500. The molecule has 0 aliphatic rings. The summed E-state index contributed by atoms with van der Waals surface area (Å²) in [4.78, 5) is 13.1. The summed E-state index contributed by atoms with van der Waals surface area (Å²) in [7, 11) is 4.11. The van der Waals surface area contributed by atoms with Crippen molar-refractivity contribution in [2.24, 2.45) is 0 Å². The second-order valence-electron chi connectivity index (χ2n) is 4.82. The van der Waals surface area contributed by atoms with Gasteiger partial charge in [0.15, 0.2) is 6.10 Å². The zero-order valence-electron chi connectivity index (χ0n) is 11.6. The smallest absolute Gasteiger partial charge is 0.260 e. The Kier molecular flexibility index (Phi) is 5.65. The van der Waals surface area contributed by atoms with Gasteiger partial charge in [0.05, 0.1) is 27.2 Å². The average Bonchev–Trinajstić information content (AvgIpc) is 2.28. The molecule has 1 amide bonds. The van der Waals surface area contributed by atoms with E-state index < -0.39 is 6.10 Å². The SMILES string of the molecule is Cc1cccc(O[C@@H](C)C(=O)NCC[NH+](C)C)c1. The second-order valence-corrected chi connectivity index (χ2v) is 4.82. The van der Waals surface area contributed by atoms with E-state index in [1.54, 1.807) is 6.92 Å². The molecule has 0 unspecified atom stereocenters. The molecule has 0 saturated carbocycles. The van der Waals surface area contributed by atoms with Gasteiger partial charge in [0.1, 0.15) is 5.75 Å². The second kappa shape index (κ2) is 7.01. The van der Waals surface area contributed by atoms with Gasteiger partial charge in [-0.25, -0.2) is 0 Å². The highest BCUT2D eigenvalue weighted by Crippen LogP contribution is 2.13. The first-order valence-corrected chi connectivity index (χ1v) is 6.29. The van der Waals surface area contributed by atoms with Gasteiger partial charge in [-0.1, -0.05) is 12.1 Å². The molecule has 0 heterocycles. The van der Waals surface area contributed by atoms with Crippen molar-refractivity contribution in [2.75, 3.05) is 27.2 Å². The summed E-state index contributed by atoms with van der Waals surface area (Å²) in [6.07, 6.45) is -0.469. The number of hydrogen-bond donors (Lipinski definition) is 2. The Bertz CT molecular complexity index is 391. The summed E-state index contributed by atoms with van der Waals surface area (Å²) in [6, 6.07) is 7.71. The first kappa shape index (κ1) is 14.5. The van der Waals surface area contributed by atoms with E-state index >= 15 is 0 Å². The monoisotopic (exact) mass is 251 g/mol. The van der Waals surface area contributed by atoms with E-state index in [4.69, 9.17) is 4.74 Å². The van der Waals surface area contributed by atoms with Crippen LogP contribution in [0.5, 0.6) is 5.75 Å². The highest BCUT2D eigenvalue weighted by molar-refractivity contribution is 5.80. The third-order valence-corrected chi connectivity index (χ3v) is 2.60. The largest absolute Gasteiger partial charge is 0.481 e. The van der Waals surface area contributed by atoms with E-state index in [1.807, 2.05) is 31.2 Å². The van der Waals surface area contributed by atoms with Gasteiger partial charge in [-0.2, -0.15) is 0 Å². The number of carbonyl (C=O) groups excluding carboxylic acids is 1. The van der Waals surface area contributed by atoms with Crippen LogP contribution in [0.25, 0.3) is 0 Å². The van der Waals surface area contributed by atoms with E-state index in [0.717, 1.165) is 17.9 Å². The van der Waals surface area contributed by atoms with Crippen LogP contribution in [0.4, 0.5) is 0 Å².